The van der Waals surface area contributed by atoms with Crippen molar-refractivity contribution in [2.45, 2.75) is 99.0 Å². The summed E-state index contributed by atoms with van der Waals surface area (Å²) in [4.78, 5) is 2.37. The molecule has 0 radical (unpaired) electrons. The van der Waals surface area contributed by atoms with Crippen molar-refractivity contribution in [1.29, 1.82) is 0 Å². The van der Waals surface area contributed by atoms with Gasteiger partial charge in [-0.3, -0.25) is 0 Å². The van der Waals surface area contributed by atoms with E-state index < -0.39 is 0 Å². The highest BCUT2D eigenvalue weighted by Crippen LogP contribution is 2.38. The van der Waals surface area contributed by atoms with Crippen molar-refractivity contribution in [3.05, 3.63) is 11.6 Å². The number of aliphatic hydroxyl groups is 1. The van der Waals surface area contributed by atoms with Gasteiger partial charge in [0.1, 0.15) is 0 Å². The van der Waals surface area contributed by atoms with Crippen molar-refractivity contribution in [3.63, 3.8) is 0 Å². The number of nitrogens with one attached hydrogen (secondary N) is 1. The highest BCUT2D eigenvalue weighted by molar-refractivity contribution is 6.29. The third kappa shape index (κ3) is 15.5. The van der Waals surface area contributed by atoms with Crippen LogP contribution in [-0.2, 0) is 0 Å². The van der Waals surface area contributed by atoms with Gasteiger partial charge in [0, 0.05) is 23.5 Å². The van der Waals surface area contributed by atoms with Crippen LogP contribution in [0.5, 0.6) is 0 Å². The molecule has 2 N–H and O–H groups in total. The monoisotopic (exact) mass is 404 g/mol. The summed E-state index contributed by atoms with van der Waals surface area (Å²) in [6.45, 7) is 21.4. The van der Waals surface area contributed by atoms with E-state index in [9.17, 15) is 5.11 Å². The lowest BCUT2D eigenvalue weighted by Crippen LogP contribution is -2.40. The zero-order valence-corrected chi connectivity index (χ0v) is 20.0. The number of nitrogens with zero attached hydrogens (tertiary/aromatic N) is 1. The van der Waals surface area contributed by atoms with Gasteiger partial charge in [0.2, 0.25) is 0 Å². The van der Waals surface area contributed by atoms with E-state index in [0.717, 1.165) is 31.1 Å². The summed E-state index contributed by atoms with van der Waals surface area (Å²) >= 11 is 6.01. The van der Waals surface area contributed by atoms with Gasteiger partial charge in [-0.05, 0) is 45.3 Å². The fraction of sp³-hybridized carbons (Fsp3) is 0.913. The molecule has 0 amide bonds. The van der Waals surface area contributed by atoms with E-state index in [1.807, 2.05) is 13.8 Å². The predicted molar refractivity (Wildman–Crippen MR) is 124 cm³/mol. The molecule has 3 nitrogen and oxygen atoms in total. The number of β-amino-alcohol motifs (C(OH)–C–C–N with tert-alkyl or cyclic N) is 1. The molecule has 2 unspecified atom stereocenters. The molecule has 1 heterocycles. The van der Waals surface area contributed by atoms with Gasteiger partial charge < -0.3 is 15.3 Å². The average Bonchev–Trinajstić information content (AvgIpc) is 2.68. The van der Waals surface area contributed by atoms with Crippen molar-refractivity contribution >= 4 is 11.6 Å². The summed E-state index contributed by atoms with van der Waals surface area (Å²) < 4.78 is 0. The number of hydrogen-bond donors (Lipinski definition) is 2. The molecule has 0 aliphatic carbocycles. The lowest BCUT2D eigenvalue weighted by Gasteiger charge is -2.28. The van der Waals surface area contributed by atoms with Crippen LogP contribution in [0.1, 0.15) is 92.9 Å². The first-order valence-electron chi connectivity index (χ1n) is 11.4. The summed E-state index contributed by atoms with van der Waals surface area (Å²) in [6.07, 6.45) is 9.78. The Morgan fingerprint density at radius 2 is 1.70 bits per heavy atom. The molecule has 0 aromatic carbocycles. The number of likely N-dealkylation sites (N-methyl/N-ethyl adjacent to an activating group) is 1. The molecule has 1 saturated heterocycles. The summed E-state index contributed by atoms with van der Waals surface area (Å²) in [5, 5.41) is 13.6. The zero-order chi connectivity index (χ0) is 21.1. The van der Waals surface area contributed by atoms with E-state index in [-0.39, 0.29) is 11.5 Å². The van der Waals surface area contributed by atoms with Crippen LogP contribution in [0.3, 0.4) is 0 Å². The van der Waals surface area contributed by atoms with Gasteiger partial charge in [-0.1, -0.05) is 85.4 Å². The summed E-state index contributed by atoms with van der Waals surface area (Å²) in [5.74, 6) is 0. The number of unbranched alkanes of at least 4 members (excludes halogenated alkanes) is 1. The molecule has 0 aromatic rings. The highest BCUT2D eigenvalue weighted by atomic mass is 35.5. The maximum atomic E-state index is 9.63. The Hall–Kier alpha value is -0.0900. The fourth-order valence-electron chi connectivity index (χ4n) is 3.33. The van der Waals surface area contributed by atoms with Crippen LogP contribution in [0.25, 0.3) is 0 Å². The second-order valence-electron chi connectivity index (χ2n) is 7.64. The van der Waals surface area contributed by atoms with Crippen LogP contribution >= 0.6 is 11.6 Å². The van der Waals surface area contributed by atoms with E-state index in [2.05, 4.69) is 44.5 Å². The van der Waals surface area contributed by atoms with Crippen LogP contribution < -0.4 is 5.32 Å². The minimum atomic E-state index is -0.196. The maximum absolute atomic E-state index is 9.63. The molecule has 1 aliphatic rings. The van der Waals surface area contributed by atoms with Crippen LogP contribution in [0.4, 0.5) is 0 Å². The molecular weight excluding hydrogens is 356 g/mol. The Bertz CT molecular complexity index is 332. The Morgan fingerprint density at radius 1 is 1.11 bits per heavy atom. The van der Waals surface area contributed by atoms with E-state index in [1.165, 1.54) is 58.0 Å². The van der Waals surface area contributed by atoms with Crippen molar-refractivity contribution in [2.24, 2.45) is 5.41 Å². The standard InChI is InChI=1S/C11H21Cl.C10H22N2O.C2H6/c1-5-7-9-11(4,8-6-2)10(3)12;1-2-11-8-10(13)9-12-6-4-3-5-7-12;1-2/h3,5-9H2,1-2,4H3;10-11,13H,2-9H2,1H3;1-2H3. The van der Waals surface area contributed by atoms with E-state index in [4.69, 9.17) is 11.6 Å². The molecule has 0 saturated carbocycles. The number of hydrogen-bond acceptors (Lipinski definition) is 3. The van der Waals surface area contributed by atoms with Gasteiger partial charge in [0.05, 0.1) is 6.10 Å². The largest absolute Gasteiger partial charge is 0.390 e. The van der Waals surface area contributed by atoms with E-state index in [1.54, 1.807) is 0 Å². The van der Waals surface area contributed by atoms with Crippen LogP contribution in [0.2, 0.25) is 0 Å². The summed E-state index contributed by atoms with van der Waals surface area (Å²) in [6, 6.07) is 0. The highest BCUT2D eigenvalue weighted by Gasteiger charge is 2.24. The van der Waals surface area contributed by atoms with Crippen molar-refractivity contribution in [2.75, 3.05) is 32.7 Å². The maximum Gasteiger partial charge on any atom is 0.0791 e. The van der Waals surface area contributed by atoms with Crippen LogP contribution in [0.15, 0.2) is 11.6 Å². The Labute approximate surface area is 175 Å². The summed E-state index contributed by atoms with van der Waals surface area (Å²) in [7, 11) is 0. The van der Waals surface area contributed by atoms with Gasteiger partial charge in [-0.15, -0.1) is 0 Å². The van der Waals surface area contributed by atoms with Gasteiger partial charge in [0.25, 0.3) is 0 Å². The van der Waals surface area contributed by atoms with Crippen molar-refractivity contribution in [3.8, 4) is 0 Å². The van der Waals surface area contributed by atoms with E-state index in [0.29, 0.717) is 0 Å². The molecule has 0 aromatic heterocycles. The second-order valence-corrected chi connectivity index (χ2v) is 8.10. The quantitative estimate of drug-likeness (QED) is 0.430. The van der Waals surface area contributed by atoms with Gasteiger partial charge in [-0.25, -0.2) is 0 Å². The Kier molecular flexibility index (Phi) is 20.7. The number of halogens is 1. The number of allylic oxidation sites excluding steroid dienone is 1. The molecule has 1 rings (SSSR count). The molecule has 0 bridgehead atoms. The van der Waals surface area contributed by atoms with Gasteiger partial charge >= 0.3 is 0 Å². The first-order chi connectivity index (χ1) is 12.9. The minimum Gasteiger partial charge on any atom is -0.390 e. The molecule has 27 heavy (non-hydrogen) atoms. The summed E-state index contributed by atoms with van der Waals surface area (Å²) in [5.41, 5.74) is 0.173. The molecule has 0 spiro atoms. The zero-order valence-electron chi connectivity index (χ0n) is 19.2. The van der Waals surface area contributed by atoms with Crippen LogP contribution in [0, 0.1) is 5.41 Å². The van der Waals surface area contributed by atoms with Gasteiger partial charge in [-0.2, -0.15) is 0 Å². The third-order valence-electron chi connectivity index (χ3n) is 5.09. The fourth-order valence-corrected chi connectivity index (χ4v) is 3.52. The first-order valence-corrected chi connectivity index (χ1v) is 11.7. The predicted octanol–water partition coefficient (Wildman–Crippen LogP) is 6.20. The first kappa shape index (κ1) is 29.1. The SMILES string of the molecule is C=C(Cl)C(C)(CCC)CCCC.CC.CCNCC(O)CN1CCCCC1. The number of rotatable bonds is 11. The molecule has 2 atom stereocenters. The topological polar surface area (TPSA) is 35.5 Å². The molecule has 164 valence electrons. The number of likely N-dealkylation sites (tertiary alicyclic amines) is 1. The molecule has 4 heteroatoms. The smallest absolute Gasteiger partial charge is 0.0791 e. The lowest BCUT2D eigenvalue weighted by atomic mass is 9.81. The third-order valence-corrected chi connectivity index (χ3v) is 5.54. The Balaban J connectivity index is 0. The normalized spacial score (nSPS) is 17.6. The number of piperidine rings is 1. The van der Waals surface area contributed by atoms with Gasteiger partial charge in [0.15, 0.2) is 0 Å². The van der Waals surface area contributed by atoms with Crippen molar-refractivity contribution in [1.82, 2.24) is 10.2 Å². The molecule has 1 fully saturated rings. The van der Waals surface area contributed by atoms with Crippen LogP contribution in [-0.4, -0.2) is 48.8 Å². The second kappa shape index (κ2) is 19.2. The van der Waals surface area contributed by atoms with Crippen molar-refractivity contribution < 1.29 is 5.11 Å². The van der Waals surface area contributed by atoms with E-state index >= 15 is 0 Å². The number of aliphatic hydroxyl groups excluding tert-OH is 1. The molecule has 1 aliphatic heterocycles. The average molecular weight is 405 g/mol. The minimum absolute atomic E-state index is 0.173. The lowest BCUT2D eigenvalue weighted by molar-refractivity contribution is 0.101. The molecular formula is C23H49ClN2O. The Morgan fingerprint density at radius 3 is 2.15 bits per heavy atom.